The Balaban J connectivity index is 1.62. The Labute approximate surface area is 154 Å². The summed E-state index contributed by atoms with van der Waals surface area (Å²) < 4.78 is 0. The van der Waals surface area contributed by atoms with E-state index in [0.717, 1.165) is 31.1 Å². The Morgan fingerprint density at radius 3 is 2.54 bits per heavy atom. The number of carbonyl (C=O) groups is 1. The smallest absolute Gasteiger partial charge is 0.230 e. The third-order valence-corrected chi connectivity index (χ3v) is 6.34. The summed E-state index contributed by atoms with van der Waals surface area (Å²) in [6.45, 7) is 5.95. The molecule has 1 saturated heterocycles. The summed E-state index contributed by atoms with van der Waals surface area (Å²) in [5, 5.41) is 4.25. The van der Waals surface area contributed by atoms with Crippen LogP contribution in [0, 0.1) is 0 Å². The monoisotopic (exact) mass is 368 g/mol. The van der Waals surface area contributed by atoms with Gasteiger partial charge >= 0.3 is 0 Å². The number of hydrogen-bond donors (Lipinski definition) is 1. The van der Waals surface area contributed by atoms with E-state index >= 15 is 0 Å². The van der Waals surface area contributed by atoms with E-state index in [0.29, 0.717) is 10.0 Å². The third-order valence-electron chi connectivity index (χ3n) is 5.60. The van der Waals surface area contributed by atoms with Crippen LogP contribution in [-0.2, 0) is 10.2 Å². The first-order valence-electron chi connectivity index (χ1n) is 8.88. The van der Waals surface area contributed by atoms with E-state index < -0.39 is 5.41 Å². The lowest BCUT2D eigenvalue weighted by Crippen LogP contribution is -2.46. The zero-order valence-corrected chi connectivity index (χ0v) is 16.0. The lowest BCUT2D eigenvalue weighted by molar-refractivity contribution is -0.126. The molecule has 0 spiro atoms. The molecule has 1 amide bonds. The van der Waals surface area contributed by atoms with Crippen molar-refractivity contribution in [1.29, 1.82) is 0 Å². The number of benzene rings is 1. The fourth-order valence-electron chi connectivity index (χ4n) is 3.89. The van der Waals surface area contributed by atoms with Crippen LogP contribution in [0.4, 0.5) is 0 Å². The molecule has 132 valence electrons. The Kier molecular flexibility index (Phi) is 5.43. The molecule has 2 aliphatic rings. The quantitative estimate of drug-likeness (QED) is 0.853. The summed E-state index contributed by atoms with van der Waals surface area (Å²) in [5.74, 6) is 0.0548. The number of nitrogens with zero attached hydrogens (tertiary/aromatic N) is 1. The molecule has 0 radical (unpaired) electrons. The molecule has 3 nitrogen and oxygen atoms in total. The van der Waals surface area contributed by atoms with Gasteiger partial charge in [-0.25, -0.2) is 0 Å². The maximum Gasteiger partial charge on any atom is 0.230 e. The normalized spacial score (nSPS) is 22.9. The Hall–Kier alpha value is -0.770. The molecule has 1 N–H and O–H groups in total. The highest BCUT2D eigenvalue weighted by Crippen LogP contribution is 2.31. The number of hydrogen-bond acceptors (Lipinski definition) is 2. The predicted octanol–water partition coefficient (Wildman–Crippen LogP) is 4.40. The van der Waals surface area contributed by atoms with Crippen molar-refractivity contribution in [3.05, 3.63) is 33.8 Å². The van der Waals surface area contributed by atoms with Gasteiger partial charge in [0.2, 0.25) is 5.91 Å². The molecule has 1 aliphatic heterocycles. The molecule has 1 heterocycles. The van der Waals surface area contributed by atoms with Crippen molar-refractivity contribution in [2.75, 3.05) is 13.1 Å². The second-order valence-electron chi connectivity index (χ2n) is 7.65. The number of rotatable bonds is 4. The number of amides is 1. The summed E-state index contributed by atoms with van der Waals surface area (Å²) >= 11 is 12.1. The average Bonchev–Trinajstić information content (AvgIpc) is 3.20. The summed E-state index contributed by atoms with van der Waals surface area (Å²) in [7, 11) is 0. The Morgan fingerprint density at radius 2 is 1.88 bits per heavy atom. The van der Waals surface area contributed by atoms with Crippen LogP contribution in [-0.4, -0.2) is 36.0 Å². The van der Waals surface area contributed by atoms with Crippen LogP contribution in [0.2, 0.25) is 10.0 Å². The predicted molar refractivity (Wildman–Crippen MR) is 99.9 cm³/mol. The van der Waals surface area contributed by atoms with Crippen molar-refractivity contribution in [2.24, 2.45) is 0 Å². The SMILES string of the molecule is CC(C)(C(=O)NC1CCN(C2CCCC2)C1)c1ccc(Cl)c(Cl)c1. The number of likely N-dealkylation sites (tertiary alicyclic amines) is 1. The maximum absolute atomic E-state index is 12.8. The molecule has 24 heavy (non-hydrogen) atoms. The highest BCUT2D eigenvalue weighted by molar-refractivity contribution is 6.42. The summed E-state index contributed by atoms with van der Waals surface area (Å²) in [6.07, 6.45) is 6.37. The van der Waals surface area contributed by atoms with Gasteiger partial charge in [-0.1, -0.05) is 42.1 Å². The Bertz CT molecular complexity index is 611. The van der Waals surface area contributed by atoms with Gasteiger partial charge < -0.3 is 5.32 Å². The van der Waals surface area contributed by atoms with E-state index in [4.69, 9.17) is 23.2 Å². The highest BCUT2D eigenvalue weighted by Gasteiger charge is 2.35. The number of nitrogens with one attached hydrogen (secondary N) is 1. The first-order chi connectivity index (χ1) is 11.4. The first-order valence-corrected chi connectivity index (χ1v) is 9.64. The van der Waals surface area contributed by atoms with Crippen LogP contribution in [0.5, 0.6) is 0 Å². The van der Waals surface area contributed by atoms with Crippen molar-refractivity contribution < 1.29 is 4.79 Å². The van der Waals surface area contributed by atoms with Crippen LogP contribution in [0.1, 0.15) is 51.5 Å². The highest BCUT2D eigenvalue weighted by atomic mass is 35.5. The molecule has 1 aromatic carbocycles. The molecule has 3 rings (SSSR count). The molecule has 5 heteroatoms. The lowest BCUT2D eigenvalue weighted by Gasteiger charge is -2.27. The van der Waals surface area contributed by atoms with Crippen LogP contribution < -0.4 is 5.32 Å². The fourth-order valence-corrected chi connectivity index (χ4v) is 4.19. The lowest BCUT2D eigenvalue weighted by atomic mass is 9.83. The van der Waals surface area contributed by atoms with E-state index in [1.807, 2.05) is 19.9 Å². The molecule has 1 aliphatic carbocycles. The van der Waals surface area contributed by atoms with Crippen molar-refractivity contribution in [3.8, 4) is 0 Å². The van der Waals surface area contributed by atoms with Gasteiger partial charge in [-0.15, -0.1) is 0 Å². The van der Waals surface area contributed by atoms with E-state index in [9.17, 15) is 4.79 Å². The summed E-state index contributed by atoms with van der Waals surface area (Å²) in [6, 6.07) is 6.41. The molecule has 1 aromatic rings. The molecule has 1 atom stereocenters. The van der Waals surface area contributed by atoms with Gasteiger partial charge in [0.25, 0.3) is 0 Å². The molecule has 1 saturated carbocycles. The van der Waals surface area contributed by atoms with Crippen LogP contribution in [0.15, 0.2) is 18.2 Å². The van der Waals surface area contributed by atoms with Crippen molar-refractivity contribution in [3.63, 3.8) is 0 Å². The number of carbonyl (C=O) groups excluding carboxylic acids is 1. The van der Waals surface area contributed by atoms with Gasteiger partial charge in [-0.05, 0) is 50.8 Å². The molecular formula is C19H26Cl2N2O. The summed E-state index contributed by atoms with van der Waals surface area (Å²) in [4.78, 5) is 15.4. The van der Waals surface area contributed by atoms with Gasteiger partial charge in [0.1, 0.15) is 0 Å². The average molecular weight is 369 g/mol. The van der Waals surface area contributed by atoms with Gasteiger partial charge in [0, 0.05) is 25.2 Å². The second kappa shape index (κ2) is 7.23. The first kappa shape index (κ1) is 18.0. The van der Waals surface area contributed by atoms with Crippen molar-refractivity contribution >= 4 is 29.1 Å². The van der Waals surface area contributed by atoms with E-state index in [2.05, 4.69) is 10.2 Å². The minimum atomic E-state index is -0.630. The number of halogens is 2. The third kappa shape index (κ3) is 3.74. The molecular weight excluding hydrogens is 343 g/mol. The summed E-state index contributed by atoms with van der Waals surface area (Å²) in [5.41, 5.74) is 0.259. The molecule has 0 bridgehead atoms. The maximum atomic E-state index is 12.8. The minimum Gasteiger partial charge on any atom is -0.351 e. The van der Waals surface area contributed by atoms with Crippen LogP contribution in [0.3, 0.4) is 0 Å². The van der Waals surface area contributed by atoms with Gasteiger partial charge in [0.15, 0.2) is 0 Å². The van der Waals surface area contributed by atoms with Crippen molar-refractivity contribution in [1.82, 2.24) is 10.2 Å². The van der Waals surface area contributed by atoms with Gasteiger partial charge in [-0.3, -0.25) is 9.69 Å². The van der Waals surface area contributed by atoms with E-state index in [-0.39, 0.29) is 11.9 Å². The zero-order chi connectivity index (χ0) is 17.3. The molecule has 1 unspecified atom stereocenters. The second-order valence-corrected chi connectivity index (χ2v) is 8.46. The van der Waals surface area contributed by atoms with E-state index in [1.165, 1.54) is 25.7 Å². The molecule has 0 aromatic heterocycles. The Morgan fingerprint density at radius 1 is 1.17 bits per heavy atom. The van der Waals surface area contributed by atoms with Gasteiger partial charge in [0.05, 0.1) is 15.5 Å². The van der Waals surface area contributed by atoms with Crippen molar-refractivity contribution in [2.45, 2.75) is 63.5 Å². The minimum absolute atomic E-state index is 0.0548. The zero-order valence-electron chi connectivity index (χ0n) is 14.4. The largest absolute Gasteiger partial charge is 0.351 e. The van der Waals surface area contributed by atoms with Crippen LogP contribution >= 0.6 is 23.2 Å². The topological polar surface area (TPSA) is 32.3 Å². The fraction of sp³-hybridized carbons (Fsp3) is 0.632. The van der Waals surface area contributed by atoms with E-state index in [1.54, 1.807) is 12.1 Å². The molecule has 2 fully saturated rings. The van der Waals surface area contributed by atoms with Gasteiger partial charge in [-0.2, -0.15) is 0 Å². The standard InChI is InChI=1S/C19H26Cl2N2O/c1-19(2,13-7-8-16(20)17(21)11-13)18(24)22-14-9-10-23(12-14)15-5-3-4-6-15/h7-8,11,14-15H,3-6,9-10,12H2,1-2H3,(H,22,24). The van der Waals surface area contributed by atoms with Crippen LogP contribution in [0.25, 0.3) is 0 Å².